The van der Waals surface area contributed by atoms with Crippen LogP contribution in [0.3, 0.4) is 0 Å². The molecule has 1 aromatic rings. The summed E-state index contributed by atoms with van der Waals surface area (Å²) in [4.78, 5) is 11.7. The van der Waals surface area contributed by atoms with Gasteiger partial charge in [-0.1, -0.05) is 25.3 Å². The molecule has 0 bridgehead atoms. The van der Waals surface area contributed by atoms with Crippen LogP contribution in [-0.4, -0.2) is 17.5 Å². The third kappa shape index (κ3) is 4.03. The van der Waals surface area contributed by atoms with E-state index in [9.17, 15) is 23.3 Å². The highest BCUT2D eigenvalue weighted by Gasteiger charge is 2.39. The SMILES string of the molecule is C=CCN(c1ccc([N+](=O)[O-])c(C(F)(F)F)c1)C1CCCCC1. The number of nitro groups is 1. The molecule has 0 saturated heterocycles. The molecule has 7 heteroatoms. The number of halogens is 3. The first kappa shape index (κ1) is 17.3. The topological polar surface area (TPSA) is 46.4 Å². The molecule has 4 nitrogen and oxygen atoms in total. The molecule has 0 amide bonds. The quantitative estimate of drug-likeness (QED) is 0.437. The highest BCUT2D eigenvalue weighted by Crippen LogP contribution is 2.39. The summed E-state index contributed by atoms with van der Waals surface area (Å²) < 4.78 is 39.4. The summed E-state index contributed by atoms with van der Waals surface area (Å²) in [5, 5.41) is 10.9. The number of nitro benzene ring substituents is 1. The summed E-state index contributed by atoms with van der Waals surface area (Å²) in [6.07, 6.45) is 1.91. The summed E-state index contributed by atoms with van der Waals surface area (Å²) in [6, 6.07) is 3.36. The maximum atomic E-state index is 13.1. The predicted molar refractivity (Wildman–Crippen MR) is 82.5 cm³/mol. The van der Waals surface area contributed by atoms with E-state index >= 15 is 0 Å². The fraction of sp³-hybridized carbons (Fsp3) is 0.500. The Hall–Kier alpha value is -2.05. The highest BCUT2D eigenvalue weighted by molar-refractivity contribution is 5.57. The van der Waals surface area contributed by atoms with Gasteiger partial charge in [0.2, 0.25) is 0 Å². The van der Waals surface area contributed by atoms with Crippen LogP contribution < -0.4 is 4.90 Å². The molecule has 1 aliphatic carbocycles. The van der Waals surface area contributed by atoms with Crippen LogP contribution in [0.5, 0.6) is 0 Å². The van der Waals surface area contributed by atoms with Crippen molar-refractivity contribution in [3.05, 3.63) is 46.5 Å². The molecule has 2 rings (SSSR count). The number of nitrogens with zero attached hydrogens (tertiary/aromatic N) is 2. The largest absolute Gasteiger partial charge is 0.423 e. The summed E-state index contributed by atoms with van der Waals surface area (Å²) in [6.45, 7) is 4.08. The molecule has 1 saturated carbocycles. The molecule has 1 aromatic carbocycles. The zero-order chi connectivity index (χ0) is 17.0. The van der Waals surface area contributed by atoms with Gasteiger partial charge in [0.1, 0.15) is 5.56 Å². The summed E-state index contributed by atoms with van der Waals surface area (Å²) in [5.41, 5.74) is -1.76. The molecule has 0 unspecified atom stereocenters. The summed E-state index contributed by atoms with van der Waals surface area (Å²) in [5.74, 6) is 0. The Balaban J connectivity index is 2.43. The molecule has 0 N–H and O–H groups in total. The van der Waals surface area contributed by atoms with E-state index < -0.39 is 22.4 Å². The third-order valence-electron chi connectivity index (χ3n) is 4.16. The maximum absolute atomic E-state index is 13.1. The number of alkyl halides is 3. The van der Waals surface area contributed by atoms with Crippen LogP contribution in [0.25, 0.3) is 0 Å². The fourth-order valence-electron chi connectivity index (χ4n) is 3.09. The fourth-order valence-corrected chi connectivity index (χ4v) is 3.09. The predicted octanol–water partition coefficient (Wildman–Crippen LogP) is 4.94. The molecule has 126 valence electrons. The van der Waals surface area contributed by atoms with Crippen LogP contribution in [0, 0.1) is 10.1 Å². The molecule has 0 atom stereocenters. The second kappa shape index (κ2) is 7.02. The van der Waals surface area contributed by atoms with Crippen molar-refractivity contribution < 1.29 is 18.1 Å². The molecule has 0 aromatic heterocycles. The minimum Gasteiger partial charge on any atom is -0.365 e. The van der Waals surface area contributed by atoms with Gasteiger partial charge in [-0.25, -0.2) is 0 Å². The molecular formula is C16H19F3N2O2. The first-order valence-corrected chi connectivity index (χ1v) is 7.57. The van der Waals surface area contributed by atoms with E-state index in [4.69, 9.17) is 0 Å². The molecule has 0 heterocycles. The van der Waals surface area contributed by atoms with E-state index in [2.05, 4.69) is 6.58 Å². The Morgan fingerprint density at radius 3 is 2.48 bits per heavy atom. The Bertz CT molecular complexity index is 581. The number of anilines is 1. The summed E-state index contributed by atoms with van der Waals surface area (Å²) >= 11 is 0. The zero-order valence-electron chi connectivity index (χ0n) is 12.7. The third-order valence-corrected chi connectivity index (χ3v) is 4.16. The first-order chi connectivity index (χ1) is 10.8. The smallest absolute Gasteiger partial charge is 0.365 e. The van der Waals surface area contributed by atoms with E-state index in [0.717, 1.165) is 44.2 Å². The van der Waals surface area contributed by atoms with E-state index in [-0.39, 0.29) is 6.04 Å². The second-order valence-electron chi connectivity index (χ2n) is 5.69. The van der Waals surface area contributed by atoms with Crippen LogP contribution in [0.2, 0.25) is 0 Å². The minimum absolute atomic E-state index is 0.143. The second-order valence-corrected chi connectivity index (χ2v) is 5.69. The average molecular weight is 328 g/mol. The maximum Gasteiger partial charge on any atom is 0.423 e. The van der Waals surface area contributed by atoms with Gasteiger partial charge in [0.15, 0.2) is 0 Å². The van der Waals surface area contributed by atoms with Crippen LogP contribution in [0.1, 0.15) is 37.7 Å². The van der Waals surface area contributed by atoms with Crippen LogP contribution in [-0.2, 0) is 6.18 Å². The van der Waals surface area contributed by atoms with Crippen LogP contribution in [0.15, 0.2) is 30.9 Å². The molecule has 0 spiro atoms. The normalized spacial score (nSPS) is 16.1. The molecular weight excluding hydrogens is 309 g/mol. The van der Waals surface area contributed by atoms with Gasteiger partial charge in [0, 0.05) is 24.3 Å². The zero-order valence-corrected chi connectivity index (χ0v) is 12.7. The van der Waals surface area contributed by atoms with Crippen molar-refractivity contribution in [3.8, 4) is 0 Å². The van der Waals surface area contributed by atoms with Crippen molar-refractivity contribution in [2.75, 3.05) is 11.4 Å². The minimum atomic E-state index is -4.76. The molecule has 0 radical (unpaired) electrons. The van der Waals surface area contributed by atoms with E-state index in [0.29, 0.717) is 12.2 Å². The van der Waals surface area contributed by atoms with Crippen molar-refractivity contribution in [1.82, 2.24) is 0 Å². The average Bonchev–Trinajstić information content (AvgIpc) is 2.52. The van der Waals surface area contributed by atoms with Gasteiger partial charge >= 0.3 is 6.18 Å². The van der Waals surface area contributed by atoms with Gasteiger partial charge in [0.05, 0.1) is 4.92 Å². The molecule has 1 fully saturated rings. The Morgan fingerprint density at radius 2 is 1.96 bits per heavy atom. The molecule has 1 aliphatic rings. The standard InChI is InChI=1S/C16H19F3N2O2/c1-2-10-20(12-6-4-3-5-7-12)13-8-9-15(21(22)23)14(11-13)16(17,18)19/h2,8-9,11-12H,1,3-7,10H2. The Morgan fingerprint density at radius 1 is 1.30 bits per heavy atom. The number of hydrogen-bond donors (Lipinski definition) is 0. The van der Waals surface area contributed by atoms with Crippen molar-refractivity contribution in [1.29, 1.82) is 0 Å². The lowest BCUT2D eigenvalue weighted by molar-refractivity contribution is -0.388. The van der Waals surface area contributed by atoms with Gasteiger partial charge in [-0.3, -0.25) is 10.1 Å². The lowest BCUT2D eigenvalue weighted by atomic mass is 9.93. The number of benzene rings is 1. The molecule has 0 aliphatic heterocycles. The lowest BCUT2D eigenvalue weighted by Gasteiger charge is -2.35. The van der Waals surface area contributed by atoms with E-state index in [1.807, 2.05) is 4.90 Å². The van der Waals surface area contributed by atoms with Crippen LogP contribution in [0.4, 0.5) is 24.5 Å². The van der Waals surface area contributed by atoms with Crippen molar-refractivity contribution >= 4 is 11.4 Å². The van der Waals surface area contributed by atoms with Gasteiger partial charge in [-0.15, -0.1) is 6.58 Å². The van der Waals surface area contributed by atoms with Crippen molar-refractivity contribution in [3.63, 3.8) is 0 Å². The first-order valence-electron chi connectivity index (χ1n) is 7.57. The monoisotopic (exact) mass is 328 g/mol. The Kier molecular flexibility index (Phi) is 5.28. The van der Waals surface area contributed by atoms with Crippen molar-refractivity contribution in [2.24, 2.45) is 0 Å². The van der Waals surface area contributed by atoms with Gasteiger partial charge in [0.25, 0.3) is 5.69 Å². The van der Waals surface area contributed by atoms with Crippen LogP contribution >= 0.6 is 0 Å². The van der Waals surface area contributed by atoms with Crippen molar-refractivity contribution in [2.45, 2.75) is 44.3 Å². The van der Waals surface area contributed by atoms with Gasteiger partial charge in [-0.05, 0) is 25.0 Å². The summed E-state index contributed by atoms with van der Waals surface area (Å²) in [7, 11) is 0. The molecule has 23 heavy (non-hydrogen) atoms. The van der Waals surface area contributed by atoms with E-state index in [1.54, 1.807) is 6.08 Å². The number of hydrogen-bond acceptors (Lipinski definition) is 3. The Labute approximate surface area is 132 Å². The van der Waals surface area contributed by atoms with E-state index in [1.165, 1.54) is 6.07 Å². The lowest BCUT2D eigenvalue weighted by Crippen LogP contribution is -2.37. The van der Waals surface area contributed by atoms with Gasteiger partial charge < -0.3 is 4.90 Å². The number of rotatable bonds is 5. The van der Waals surface area contributed by atoms with Gasteiger partial charge in [-0.2, -0.15) is 13.2 Å². The highest BCUT2D eigenvalue weighted by atomic mass is 19.4.